The molecule has 114 valence electrons. The predicted octanol–water partition coefficient (Wildman–Crippen LogP) is 4.18. The van der Waals surface area contributed by atoms with Gasteiger partial charge in [0.05, 0.1) is 12.7 Å². The molecule has 0 spiro atoms. The van der Waals surface area contributed by atoms with Gasteiger partial charge in [-0.15, -0.1) is 10.2 Å². The van der Waals surface area contributed by atoms with Gasteiger partial charge in [0, 0.05) is 10.6 Å². The van der Waals surface area contributed by atoms with Gasteiger partial charge in [-0.1, -0.05) is 47.2 Å². The van der Waals surface area contributed by atoms with E-state index in [1.165, 1.54) is 11.3 Å². The van der Waals surface area contributed by atoms with Crippen LogP contribution < -0.4 is 4.74 Å². The van der Waals surface area contributed by atoms with Gasteiger partial charge in [0.25, 0.3) is 0 Å². The average molecular weight is 343 g/mol. The number of halogens is 1. The zero-order valence-electron chi connectivity index (χ0n) is 12.1. The normalized spacial score (nSPS) is 11.0. The molecule has 0 unspecified atom stereocenters. The fourth-order valence-corrected chi connectivity index (χ4v) is 3.29. The summed E-state index contributed by atoms with van der Waals surface area (Å²) in [6, 6.07) is 15.3. The number of ether oxygens (including phenoxy) is 1. The fourth-order valence-electron chi connectivity index (χ4n) is 2.32. The van der Waals surface area contributed by atoms with E-state index in [9.17, 15) is 0 Å². The van der Waals surface area contributed by atoms with E-state index in [0.717, 1.165) is 26.8 Å². The summed E-state index contributed by atoms with van der Waals surface area (Å²) >= 11 is 7.42. The van der Waals surface area contributed by atoms with Crippen LogP contribution in [-0.4, -0.2) is 26.9 Å². The number of rotatable bonds is 3. The molecule has 0 fully saturated rings. The van der Waals surface area contributed by atoms with Crippen molar-refractivity contribution in [3.05, 3.63) is 53.6 Å². The van der Waals surface area contributed by atoms with Gasteiger partial charge < -0.3 is 4.74 Å². The number of hydrogen-bond donors (Lipinski definition) is 0. The third kappa shape index (κ3) is 2.46. The molecule has 0 radical (unpaired) electrons. The van der Waals surface area contributed by atoms with Gasteiger partial charge in [0.1, 0.15) is 10.8 Å². The van der Waals surface area contributed by atoms with E-state index in [0.29, 0.717) is 10.8 Å². The maximum absolute atomic E-state index is 5.94. The largest absolute Gasteiger partial charge is 0.496 e. The third-order valence-corrected chi connectivity index (χ3v) is 4.63. The Balaban J connectivity index is 1.85. The number of para-hydroxylation sites is 1. The molecule has 0 aliphatic heterocycles. The van der Waals surface area contributed by atoms with Crippen LogP contribution in [0.25, 0.3) is 26.9 Å². The Kier molecular flexibility index (Phi) is 3.48. The van der Waals surface area contributed by atoms with E-state index >= 15 is 0 Å². The molecule has 2 heterocycles. The van der Waals surface area contributed by atoms with Crippen LogP contribution in [0.4, 0.5) is 0 Å². The first kappa shape index (κ1) is 14.2. The first-order valence-electron chi connectivity index (χ1n) is 6.88. The highest BCUT2D eigenvalue weighted by molar-refractivity contribution is 7.19. The van der Waals surface area contributed by atoms with Gasteiger partial charge in [-0.2, -0.15) is 9.61 Å². The second-order valence-corrected chi connectivity index (χ2v) is 6.22. The summed E-state index contributed by atoms with van der Waals surface area (Å²) in [5, 5.41) is 14.7. The summed E-state index contributed by atoms with van der Waals surface area (Å²) < 4.78 is 7.15. The van der Waals surface area contributed by atoms with Crippen LogP contribution >= 0.6 is 22.9 Å². The van der Waals surface area contributed by atoms with Crippen molar-refractivity contribution < 1.29 is 4.74 Å². The lowest BCUT2D eigenvalue weighted by Crippen LogP contribution is -1.94. The van der Waals surface area contributed by atoms with Crippen molar-refractivity contribution in [2.75, 3.05) is 7.11 Å². The molecular weight excluding hydrogens is 332 g/mol. The summed E-state index contributed by atoms with van der Waals surface area (Å²) in [6.45, 7) is 0. The summed E-state index contributed by atoms with van der Waals surface area (Å²) in [5.41, 5.74) is 1.85. The highest BCUT2D eigenvalue weighted by Gasteiger charge is 2.17. The van der Waals surface area contributed by atoms with E-state index in [-0.39, 0.29) is 0 Å². The monoisotopic (exact) mass is 342 g/mol. The van der Waals surface area contributed by atoms with Crippen LogP contribution in [0.3, 0.4) is 0 Å². The molecular formula is C16H11ClN4OS. The maximum Gasteiger partial charge on any atom is 0.235 e. The lowest BCUT2D eigenvalue weighted by Gasteiger charge is -2.04. The highest BCUT2D eigenvalue weighted by atomic mass is 35.5. The number of fused-ring (bicyclic) bond motifs is 1. The molecule has 0 N–H and O–H groups in total. The number of methoxy groups -OCH3 is 1. The Morgan fingerprint density at radius 2 is 1.83 bits per heavy atom. The van der Waals surface area contributed by atoms with Crippen molar-refractivity contribution in [3.8, 4) is 27.7 Å². The minimum absolute atomic E-state index is 0.661. The van der Waals surface area contributed by atoms with Crippen molar-refractivity contribution >= 4 is 27.9 Å². The topological polar surface area (TPSA) is 52.3 Å². The van der Waals surface area contributed by atoms with Gasteiger partial charge in [-0.3, -0.25) is 0 Å². The van der Waals surface area contributed by atoms with Gasteiger partial charge in [0.2, 0.25) is 4.96 Å². The average Bonchev–Trinajstić information content (AvgIpc) is 3.16. The number of hydrogen-bond acceptors (Lipinski definition) is 5. The van der Waals surface area contributed by atoms with Crippen LogP contribution in [0.2, 0.25) is 5.02 Å². The maximum atomic E-state index is 5.94. The minimum Gasteiger partial charge on any atom is -0.496 e. The molecule has 0 aliphatic carbocycles. The SMILES string of the molecule is COc1ccccc1-c1nnc2sc(-c3ccc(Cl)cc3)nn12. The fraction of sp³-hybridized carbons (Fsp3) is 0.0625. The van der Waals surface area contributed by atoms with Crippen LogP contribution in [0.1, 0.15) is 0 Å². The van der Waals surface area contributed by atoms with Crippen molar-refractivity contribution in [3.63, 3.8) is 0 Å². The van der Waals surface area contributed by atoms with Crippen LogP contribution in [0.5, 0.6) is 5.75 Å². The molecule has 2 aromatic heterocycles. The Labute approximate surface area is 141 Å². The van der Waals surface area contributed by atoms with Crippen LogP contribution in [-0.2, 0) is 0 Å². The molecule has 0 saturated carbocycles. The Morgan fingerprint density at radius 1 is 1.04 bits per heavy atom. The summed E-state index contributed by atoms with van der Waals surface area (Å²) in [4.78, 5) is 0.732. The van der Waals surface area contributed by atoms with Crippen molar-refractivity contribution in [2.24, 2.45) is 0 Å². The van der Waals surface area contributed by atoms with Gasteiger partial charge in [0.15, 0.2) is 5.82 Å². The van der Waals surface area contributed by atoms with Crippen LogP contribution in [0.15, 0.2) is 48.5 Å². The smallest absolute Gasteiger partial charge is 0.235 e. The second-order valence-electron chi connectivity index (χ2n) is 4.83. The first-order chi connectivity index (χ1) is 11.3. The molecule has 0 amide bonds. The predicted molar refractivity (Wildman–Crippen MR) is 91.1 cm³/mol. The van der Waals surface area contributed by atoms with E-state index in [2.05, 4.69) is 15.3 Å². The molecule has 7 heteroatoms. The third-order valence-electron chi connectivity index (χ3n) is 3.43. The molecule has 0 saturated heterocycles. The van der Waals surface area contributed by atoms with Gasteiger partial charge in [-0.25, -0.2) is 0 Å². The molecule has 4 aromatic rings. The number of nitrogens with zero attached hydrogens (tertiary/aromatic N) is 4. The molecule has 0 atom stereocenters. The standard InChI is InChI=1S/C16H11ClN4OS/c1-22-13-5-3-2-4-12(13)14-18-19-16-21(14)20-15(23-16)10-6-8-11(17)9-7-10/h2-9H,1H3. The van der Waals surface area contributed by atoms with Crippen LogP contribution in [0, 0.1) is 0 Å². The van der Waals surface area contributed by atoms with E-state index in [1.54, 1.807) is 11.6 Å². The molecule has 4 rings (SSSR count). The number of benzene rings is 2. The van der Waals surface area contributed by atoms with E-state index in [4.69, 9.17) is 16.3 Å². The van der Waals surface area contributed by atoms with E-state index < -0.39 is 0 Å². The van der Waals surface area contributed by atoms with Crippen molar-refractivity contribution in [2.45, 2.75) is 0 Å². The Bertz CT molecular complexity index is 977. The summed E-state index contributed by atoms with van der Waals surface area (Å²) in [5.74, 6) is 1.40. The van der Waals surface area contributed by atoms with Crippen molar-refractivity contribution in [1.82, 2.24) is 19.8 Å². The summed E-state index contributed by atoms with van der Waals surface area (Å²) in [7, 11) is 1.64. The zero-order valence-corrected chi connectivity index (χ0v) is 13.7. The number of aromatic nitrogens is 4. The summed E-state index contributed by atoms with van der Waals surface area (Å²) in [6.07, 6.45) is 0. The Morgan fingerprint density at radius 3 is 2.61 bits per heavy atom. The molecule has 5 nitrogen and oxygen atoms in total. The highest BCUT2D eigenvalue weighted by Crippen LogP contribution is 2.32. The van der Waals surface area contributed by atoms with Gasteiger partial charge in [-0.05, 0) is 24.3 Å². The Hall–Kier alpha value is -2.44. The molecule has 0 bridgehead atoms. The lowest BCUT2D eigenvalue weighted by atomic mass is 10.2. The minimum atomic E-state index is 0.661. The molecule has 2 aromatic carbocycles. The molecule has 23 heavy (non-hydrogen) atoms. The lowest BCUT2D eigenvalue weighted by molar-refractivity contribution is 0.416. The van der Waals surface area contributed by atoms with Crippen molar-refractivity contribution in [1.29, 1.82) is 0 Å². The second kappa shape index (κ2) is 5.64. The molecule has 0 aliphatic rings. The first-order valence-corrected chi connectivity index (χ1v) is 8.07. The van der Waals surface area contributed by atoms with E-state index in [1.807, 2.05) is 48.5 Å². The quantitative estimate of drug-likeness (QED) is 0.560. The zero-order chi connectivity index (χ0) is 15.8. The van der Waals surface area contributed by atoms with Gasteiger partial charge >= 0.3 is 0 Å².